The molecule has 48 heavy (non-hydrogen) atoms. The van der Waals surface area contributed by atoms with Gasteiger partial charge in [-0.15, -0.1) is 0 Å². The van der Waals surface area contributed by atoms with Crippen LogP contribution >= 0.6 is 0 Å². The van der Waals surface area contributed by atoms with E-state index in [0.29, 0.717) is 11.8 Å². The third kappa shape index (κ3) is 4.21. The van der Waals surface area contributed by atoms with Crippen molar-refractivity contribution in [3.8, 4) is 0 Å². The first-order chi connectivity index (χ1) is 22.6. The minimum absolute atomic E-state index is 0.0369. The highest BCUT2D eigenvalue weighted by Gasteiger charge is 2.70. The Morgan fingerprint density at radius 3 is 2.31 bits per heavy atom. The van der Waals surface area contributed by atoms with Gasteiger partial charge in [0, 0.05) is 42.8 Å². The summed E-state index contributed by atoms with van der Waals surface area (Å²) in [5, 5.41) is 22.6. The average Bonchev–Trinajstić information content (AvgIpc) is 3.41. The molecule has 6 aliphatic rings. The van der Waals surface area contributed by atoms with Crippen molar-refractivity contribution in [3.63, 3.8) is 0 Å². The number of nitrogens with zero attached hydrogens (tertiary/aromatic N) is 2. The molecule has 3 saturated carbocycles. The molecule has 7 heteroatoms. The number of aromatic nitrogens is 2. The van der Waals surface area contributed by atoms with Crippen LogP contribution in [0.4, 0.5) is 11.5 Å². The standard InChI is InChI=1S/C41H59N5O2/c1-36(2)14-16-41(35(47)48)17-15-40(7)32(29(41)24-36)27(25-8-10-26(11-9-25)46-20-18-43-19-21-46)22-31-38(5)23-28-33(44-45-34(28)42)37(3,4)30(38)12-13-39(31,40)6/h8-11,29-31,43H,12-24H2,1-7H3,(H,47,48)(H3,42,44,45)/t29?,30?,31?,38-,39+,40+,41-/m0/s1. The minimum atomic E-state index is -0.673. The van der Waals surface area contributed by atoms with Crippen molar-refractivity contribution in [3.05, 3.63) is 46.7 Å². The van der Waals surface area contributed by atoms with E-state index in [9.17, 15) is 9.90 Å². The lowest BCUT2D eigenvalue weighted by atomic mass is 9.33. The van der Waals surface area contributed by atoms with Gasteiger partial charge in [0.15, 0.2) is 0 Å². The first-order valence-electron chi connectivity index (χ1n) is 18.9. The number of carboxylic acids is 1. The largest absolute Gasteiger partial charge is 0.481 e. The van der Waals surface area contributed by atoms with Gasteiger partial charge < -0.3 is 21.1 Å². The summed E-state index contributed by atoms with van der Waals surface area (Å²) in [6, 6.07) is 9.44. The van der Waals surface area contributed by atoms with Crippen molar-refractivity contribution in [2.75, 3.05) is 36.8 Å². The van der Waals surface area contributed by atoms with E-state index in [4.69, 9.17) is 10.8 Å². The predicted molar refractivity (Wildman–Crippen MR) is 194 cm³/mol. The fourth-order valence-corrected chi connectivity index (χ4v) is 13.2. The second-order valence-electron chi connectivity index (χ2n) is 19.0. The SMILES string of the molecule is CC1(C)CC[C@]2(C(=O)O)CC[C@]3(C)C(=C(c4ccc(N5CCNCC5)cc4)CC4[C@@]5(C)Cc6c(n[nH]c6N)C(C)(C)C5CC[C@]43C)C2C1. The van der Waals surface area contributed by atoms with Crippen LogP contribution in [0.1, 0.15) is 117 Å². The third-order valence-electron chi connectivity index (χ3n) is 16.1. The molecule has 0 bridgehead atoms. The molecule has 2 heterocycles. The van der Waals surface area contributed by atoms with Crippen LogP contribution in [0.3, 0.4) is 0 Å². The number of carboxylic acid groups (broad SMARTS) is 1. The van der Waals surface area contributed by atoms with Crippen molar-refractivity contribution in [2.24, 2.45) is 44.8 Å². The number of carbonyl (C=O) groups is 1. The number of rotatable bonds is 3. The summed E-state index contributed by atoms with van der Waals surface area (Å²) in [5.74, 6) is 1.17. The molecule has 1 aromatic heterocycles. The molecule has 0 spiro atoms. The second-order valence-corrected chi connectivity index (χ2v) is 19.0. The van der Waals surface area contributed by atoms with Crippen molar-refractivity contribution in [2.45, 2.75) is 112 Å². The van der Waals surface area contributed by atoms with Gasteiger partial charge in [-0.25, -0.2) is 0 Å². The number of nitrogens with two attached hydrogens (primary N) is 1. The van der Waals surface area contributed by atoms with Crippen LogP contribution in [0.5, 0.6) is 0 Å². The van der Waals surface area contributed by atoms with E-state index < -0.39 is 11.4 Å². The van der Waals surface area contributed by atoms with Crippen LogP contribution in [0.2, 0.25) is 0 Å². The number of allylic oxidation sites excluding steroid dienone is 2. The molecule has 8 rings (SSSR count). The van der Waals surface area contributed by atoms with E-state index in [-0.39, 0.29) is 33.0 Å². The fraction of sp³-hybridized carbons (Fsp3) is 0.707. The average molecular weight is 654 g/mol. The quantitative estimate of drug-likeness (QED) is 0.269. The van der Waals surface area contributed by atoms with Gasteiger partial charge in [-0.1, -0.05) is 66.2 Å². The normalized spacial score (nSPS) is 39.8. The van der Waals surface area contributed by atoms with Crippen LogP contribution < -0.4 is 16.0 Å². The lowest BCUT2D eigenvalue weighted by Crippen LogP contribution is -2.65. The number of fused-ring (bicyclic) bond motifs is 8. The van der Waals surface area contributed by atoms with Crippen molar-refractivity contribution in [1.29, 1.82) is 0 Å². The predicted octanol–water partition coefficient (Wildman–Crippen LogP) is 7.83. The van der Waals surface area contributed by atoms with Gasteiger partial charge in [0.25, 0.3) is 0 Å². The Morgan fingerprint density at radius 2 is 1.62 bits per heavy atom. The molecule has 2 aromatic rings. The molecule has 7 atom stereocenters. The van der Waals surface area contributed by atoms with Gasteiger partial charge in [0.05, 0.1) is 11.1 Å². The molecule has 7 nitrogen and oxygen atoms in total. The van der Waals surface area contributed by atoms with Crippen LogP contribution in [-0.2, 0) is 16.6 Å². The molecule has 260 valence electrons. The van der Waals surface area contributed by atoms with Crippen LogP contribution in [0.25, 0.3) is 5.57 Å². The van der Waals surface area contributed by atoms with E-state index in [0.717, 1.165) is 76.9 Å². The molecule has 1 aromatic carbocycles. The molecule has 1 saturated heterocycles. The maximum absolute atomic E-state index is 13.5. The van der Waals surface area contributed by atoms with E-state index >= 15 is 0 Å². The fourth-order valence-electron chi connectivity index (χ4n) is 13.2. The number of hydrogen-bond donors (Lipinski definition) is 4. The molecule has 5 N–H and O–H groups in total. The van der Waals surface area contributed by atoms with E-state index in [1.807, 2.05) is 0 Å². The summed E-state index contributed by atoms with van der Waals surface area (Å²) in [6.45, 7) is 21.4. The lowest BCUT2D eigenvalue weighted by Gasteiger charge is -2.71. The smallest absolute Gasteiger partial charge is 0.310 e. The number of benzene rings is 1. The molecule has 0 radical (unpaired) electrons. The molecule has 5 aliphatic carbocycles. The lowest BCUT2D eigenvalue weighted by molar-refractivity contribution is -0.175. The maximum atomic E-state index is 13.5. The molecule has 0 amide bonds. The van der Waals surface area contributed by atoms with E-state index in [2.05, 4.69) is 88.0 Å². The molecule has 3 unspecified atom stereocenters. The highest BCUT2D eigenvalue weighted by atomic mass is 16.4. The molecule has 4 fully saturated rings. The number of H-pyrrole nitrogens is 1. The number of piperazine rings is 1. The number of anilines is 2. The van der Waals surface area contributed by atoms with Gasteiger partial charge in [0.2, 0.25) is 0 Å². The number of hydrogen-bond acceptors (Lipinski definition) is 5. The van der Waals surface area contributed by atoms with Crippen molar-refractivity contribution < 1.29 is 9.90 Å². The zero-order valence-corrected chi connectivity index (χ0v) is 30.6. The van der Waals surface area contributed by atoms with E-state index in [1.165, 1.54) is 46.5 Å². The zero-order chi connectivity index (χ0) is 34.1. The Bertz CT molecular complexity index is 1670. The summed E-state index contributed by atoms with van der Waals surface area (Å²) >= 11 is 0. The van der Waals surface area contributed by atoms with Gasteiger partial charge in [-0.3, -0.25) is 9.89 Å². The van der Waals surface area contributed by atoms with Gasteiger partial charge in [-0.05, 0) is 120 Å². The highest BCUT2D eigenvalue weighted by Crippen LogP contribution is 2.77. The molecular formula is C41H59N5O2. The Labute approximate surface area is 287 Å². The Hall–Kier alpha value is -2.80. The Morgan fingerprint density at radius 1 is 0.938 bits per heavy atom. The highest BCUT2D eigenvalue weighted by molar-refractivity contribution is 5.80. The summed E-state index contributed by atoms with van der Waals surface area (Å²) in [6.07, 6.45) is 8.74. The maximum Gasteiger partial charge on any atom is 0.310 e. The minimum Gasteiger partial charge on any atom is -0.481 e. The topological polar surface area (TPSA) is 107 Å². The second kappa shape index (κ2) is 10.4. The van der Waals surface area contributed by atoms with Crippen LogP contribution in [0.15, 0.2) is 29.8 Å². The Balaban J connectivity index is 1.33. The first kappa shape index (κ1) is 32.4. The van der Waals surface area contributed by atoms with Crippen LogP contribution in [-0.4, -0.2) is 47.5 Å². The summed E-state index contributed by atoms with van der Waals surface area (Å²) < 4.78 is 0. The number of nitrogen functional groups attached to an aromatic ring is 1. The number of aliphatic carboxylic acids is 1. The van der Waals surface area contributed by atoms with E-state index in [1.54, 1.807) is 0 Å². The molecule has 1 aliphatic heterocycles. The van der Waals surface area contributed by atoms with Crippen LogP contribution in [0, 0.1) is 44.8 Å². The molecular weight excluding hydrogens is 594 g/mol. The van der Waals surface area contributed by atoms with Crippen molar-refractivity contribution >= 4 is 23.0 Å². The zero-order valence-electron chi connectivity index (χ0n) is 30.6. The number of nitrogens with one attached hydrogen (secondary N) is 2. The first-order valence-corrected chi connectivity index (χ1v) is 18.9. The third-order valence-corrected chi connectivity index (χ3v) is 16.1. The summed E-state index contributed by atoms with van der Waals surface area (Å²) in [5.41, 5.74) is 14.0. The van der Waals surface area contributed by atoms with Crippen molar-refractivity contribution in [1.82, 2.24) is 15.5 Å². The van der Waals surface area contributed by atoms with Gasteiger partial charge in [0.1, 0.15) is 5.82 Å². The number of aromatic amines is 1. The summed E-state index contributed by atoms with van der Waals surface area (Å²) in [7, 11) is 0. The monoisotopic (exact) mass is 653 g/mol. The Kier molecular flexibility index (Phi) is 7.00. The van der Waals surface area contributed by atoms with Gasteiger partial charge in [-0.2, -0.15) is 5.10 Å². The summed E-state index contributed by atoms with van der Waals surface area (Å²) in [4.78, 5) is 16.0. The van der Waals surface area contributed by atoms with Gasteiger partial charge >= 0.3 is 5.97 Å².